The van der Waals surface area contributed by atoms with Crippen molar-refractivity contribution in [2.24, 2.45) is 5.73 Å². The molecule has 16 heavy (non-hydrogen) atoms. The van der Waals surface area contributed by atoms with Crippen LogP contribution >= 0.6 is 0 Å². The Labute approximate surface area is 93.2 Å². The van der Waals surface area contributed by atoms with Crippen molar-refractivity contribution in [3.8, 4) is 0 Å². The lowest BCUT2D eigenvalue weighted by Crippen LogP contribution is -2.46. The van der Waals surface area contributed by atoms with Gasteiger partial charge in [-0.15, -0.1) is 0 Å². The Hall–Kier alpha value is -1.62. The zero-order chi connectivity index (χ0) is 11.7. The van der Waals surface area contributed by atoms with E-state index in [1.54, 1.807) is 6.07 Å². The Balaban J connectivity index is 2.41. The summed E-state index contributed by atoms with van der Waals surface area (Å²) in [7, 11) is 0. The number of carbonyl (C=O) groups excluding carboxylic acids is 1. The van der Waals surface area contributed by atoms with Gasteiger partial charge in [0.15, 0.2) is 0 Å². The van der Waals surface area contributed by atoms with Crippen LogP contribution in [0.2, 0.25) is 0 Å². The number of nitrogens with two attached hydrogens (primary N) is 1. The predicted molar refractivity (Wildman–Crippen MR) is 60.9 cm³/mol. The molecule has 1 aliphatic rings. The normalized spacial score (nSPS) is 16.7. The van der Waals surface area contributed by atoms with E-state index in [0.717, 1.165) is 5.69 Å². The molecule has 1 aromatic carbocycles. The molecule has 0 bridgehead atoms. The van der Waals surface area contributed by atoms with E-state index in [1.807, 2.05) is 11.8 Å². The number of benzene rings is 1. The average molecular weight is 223 g/mol. The lowest BCUT2D eigenvalue weighted by molar-refractivity contribution is -0.115. The zero-order valence-corrected chi connectivity index (χ0v) is 9.03. The summed E-state index contributed by atoms with van der Waals surface area (Å²) in [4.78, 5) is 13.3. The third-order valence-electron chi connectivity index (χ3n) is 2.73. The smallest absolute Gasteiger partial charge is 0.243 e. The highest BCUT2D eigenvalue weighted by atomic mass is 19.1. The van der Waals surface area contributed by atoms with Gasteiger partial charge in [-0.25, -0.2) is 4.39 Å². The molecule has 4 nitrogen and oxygen atoms in total. The van der Waals surface area contributed by atoms with E-state index in [9.17, 15) is 9.18 Å². The van der Waals surface area contributed by atoms with Crippen molar-refractivity contribution in [3.05, 3.63) is 24.0 Å². The average Bonchev–Trinajstić information content (AvgIpc) is 2.26. The molecule has 1 amide bonds. The minimum absolute atomic E-state index is 0.0512. The molecule has 0 saturated heterocycles. The fourth-order valence-corrected chi connectivity index (χ4v) is 1.81. The molecule has 0 radical (unpaired) electrons. The van der Waals surface area contributed by atoms with Crippen LogP contribution in [0.25, 0.3) is 0 Å². The fraction of sp³-hybridized carbons (Fsp3) is 0.364. The number of halogens is 1. The van der Waals surface area contributed by atoms with Gasteiger partial charge in [0.1, 0.15) is 5.82 Å². The van der Waals surface area contributed by atoms with E-state index in [-0.39, 0.29) is 24.3 Å². The van der Waals surface area contributed by atoms with Crippen LogP contribution in [0.1, 0.15) is 6.92 Å². The zero-order valence-electron chi connectivity index (χ0n) is 9.03. The van der Waals surface area contributed by atoms with Gasteiger partial charge >= 0.3 is 0 Å². The largest absolute Gasteiger partial charge is 0.357 e. The van der Waals surface area contributed by atoms with Gasteiger partial charge in [0.05, 0.1) is 17.9 Å². The number of nitrogens with one attached hydrogen (secondary N) is 1. The maximum absolute atomic E-state index is 13.0. The third kappa shape index (κ3) is 1.86. The molecule has 0 saturated carbocycles. The molecule has 1 atom stereocenters. The van der Waals surface area contributed by atoms with E-state index in [4.69, 9.17) is 5.73 Å². The number of hydrogen-bond acceptors (Lipinski definition) is 3. The van der Waals surface area contributed by atoms with Crippen molar-refractivity contribution < 1.29 is 9.18 Å². The molecule has 2 rings (SSSR count). The molecule has 0 aliphatic carbocycles. The van der Waals surface area contributed by atoms with Crippen LogP contribution < -0.4 is 16.0 Å². The van der Waals surface area contributed by atoms with Gasteiger partial charge in [-0.05, 0) is 25.1 Å². The predicted octanol–water partition coefficient (Wildman–Crippen LogP) is 0.931. The summed E-state index contributed by atoms with van der Waals surface area (Å²) in [5.41, 5.74) is 6.92. The van der Waals surface area contributed by atoms with Crippen LogP contribution in [-0.4, -0.2) is 25.0 Å². The van der Waals surface area contributed by atoms with E-state index in [0.29, 0.717) is 12.2 Å². The van der Waals surface area contributed by atoms with Crippen molar-refractivity contribution in [1.82, 2.24) is 0 Å². The number of hydrogen-bond donors (Lipinski definition) is 2. The molecule has 0 fully saturated rings. The topological polar surface area (TPSA) is 58.4 Å². The summed E-state index contributed by atoms with van der Waals surface area (Å²) in [6, 6.07) is 4.42. The molecular weight excluding hydrogens is 209 g/mol. The maximum atomic E-state index is 13.0. The number of amides is 1. The molecule has 1 heterocycles. The van der Waals surface area contributed by atoms with Crippen molar-refractivity contribution in [2.45, 2.75) is 13.0 Å². The second kappa shape index (κ2) is 4.09. The fourth-order valence-electron chi connectivity index (χ4n) is 1.81. The lowest BCUT2D eigenvalue weighted by atomic mass is 10.1. The number of nitrogens with zero attached hydrogens (tertiary/aromatic N) is 1. The summed E-state index contributed by atoms with van der Waals surface area (Å²) in [6.07, 6.45) is 0. The number of anilines is 2. The maximum Gasteiger partial charge on any atom is 0.243 e. The molecule has 1 aromatic rings. The van der Waals surface area contributed by atoms with Crippen LogP contribution in [0.4, 0.5) is 15.8 Å². The third-order valence-corrected chi connectivity index (χ3v) is 2.73. The second-order valence-electron chi connectivity index (χ2n) is 3.92. The first-order chi connectivity index (χ1) is 7.61. The van der Waals surface area contributed by atoms with Crippen molar-refractivity contribution >= 4 is 17.3 Å². The van der Waals surface area contributed by atoms with Crippen LogP contribution in [0.3, 0.4) is 0 Å². The van der Waals surface area contributed by atoms with Crippen LogP contribution in [0, 0.1) is 5.82 Å². The lowest BCUT2D eigenvalue weighted by Gasteiger charge is -2.35. The standard InChI is InChI=1S/C11H14FN3O/c1-7(5-13)15-6-11(16)14-9-4-8(12)2-3-10(9)15/h2-4,7H,5-6,13H2,1H3,(H,14,16). The monoisotopic (exact) mass is 223 g/mol. The van der Waals surface area contributed by atoms with Gasteiger partial charge in [0, 0.05) is 12.6 Å². The van der Waals surface area contributed by atoms with Gasteiger partial charge in [0.2, 0.25) is 5.91 Å². The van der Waals surface area contributed by atoms with E-state index in [1.165, 1.54) is 12.1 Å². The SMILES string of the molecule is CC(CN)N1CC(=O)Nc2cc(F)ccc21. The molecule has 1 unspecified atom stereocenters. The quantitative estimate of drug-likeness (QED) is 0.784. The van der Waals surface area contributed by atoms with Crippen LogP contribution in [-0.2, 0) is 4.79 Å². The Kier molecular flexibility index (Phi) is 2.78. The second-order valence-corrected chi connectivity index (χ2v) is 3.92. The van der Waals surface area contributed by atoms with E-state index in [2.05, 4.69) is 5.32 Å². The van der Waals surface area contributed by atoms with Crippen LogP contribution in [0.15, 0.2) is 18.2 Å². The molecule has 0 aromatic heterocycles. The van der Waals surface area contributed by atoms with Crippen molar-refractivity contribution in [1.29, 1.82) is 0 Å². The summed E-state index contributed by atoms with van der Waals surface area (Å²) in [5.74, 6) is -0.500. The number of carbonyl (C=O) groups is 1. The highest BCUT2D eigenvalue weighted by molar-refractivity contribution is 6.01. The van der Waals surface area contributed by atoms with Gasteiger partial charge < -0.3 is 16.0 Å². The summed E-state index contributed by atoms with van der Waals surface area (Å²) in [5, 5.41) is 2.65. The van der Waals surface area contributed by atoms with Crippen molar-refractivity contribution in [2.75, 3.05) is 23.3 Å². The number of fused-ring (bicyclic) bond motifs is 1. The van der Waals surface area contributed by atoms with E-state index < -0.39 is 0 Å². The molecule has 0 spiro atoms. The van der Waals surface area contributed by atoms with Crippen LogP contribution in [0.5, 0.6) is 0 Å². The minimum Gasteiger partial charge on any atom is -0.357 e. The Morgan fingerprint density at radius 1 is 1.62 bits per heavy atom. The first-order valence-corrected chi connectivity index (χ1v) is 5.18. The van der Waals surface area contributed by atoms with Crippen molar-refractivity contribution in [3.63, 3.8) is 0 Å². The van der Waals surface area contributed by atoms with Gasteiger partial charge in [-0.1, -0.05) is 0 Å². The Morgan fingerprint density at radius 2 is 2.38 bits per heavy atom. The van der Waals surface area contributed by atoms with Gasteiger partial charge in [-0.2, -0.15) is 0 Å². The highest BCUT2D eigenvalue weighted by Crippen LogP contribution is 2.31. The molecule has 86 valence electrons. The summed E-state index contributed by atoms with van der Waals surface area (Å²) >= 11 is 0. The highest BCUT2D eigenvalue weighted by Gasteiger charge is 2.25. The molecular formula is C11H14FN3O. The Morgan fingerprint density at radius 3 is 3.06 bits per heavy atom. The number of rotatable bonds is 2. The molecule has 1 aliphatic heterocycles. The molecule has 5 heteroatoms. The first-order valence-electron chi connectivity index (χ1n) is 5.18. The van der Waals surface area contributed by atoms with Gasteiger partial charge in [-0.3, -0.25) is 4.79 Å². The Bertz CT molecular complexity index is 422. The minimum atomic E-state index is -0.360. The molecule has 3 N–H and O–H groups in total. The first kappa shape index (κ1) is 10.9. The summed E-state index contributed by atoms with van der Waals surface area (Å²) in [6.45, 7) is 2.65. The van der Waals surface area contributed by atoms with Gasteiger partial charge in [0.25, 0.3) is 0 Å². The van der Waals surface area contributed by atoms with E-state index >= 15 is 0 Å². The summed E-state index contributed by atoms with van der Waals surface area (Å²) < 4.78 is 13.0.